The van der Waals surface area contributed by atoms with Gasteiger partial charge in [-0.2, -0.15) is 0 Å². The van der Waals surface area contributed by atoms with Gasteiger partial charge in [0.05, 0.1) is 18.6 Å². The first-order chi connectivity index (χ1) is 11.2. The highest BCUT2D eigenvalue weighted by atomic mass is 32.2. The molecule has 1 saturated heterocycles. The lowest BCUT2D eigenvalue weighted by molar-refractivity contribution is -0.122. The SMILES string of the molecule is COc1ccc(CN2C(=O)C(=Cc3ccccc3)SC2=S)cc1. The van der Waals surface area contributed by atoms with E-state index in [0.717, 1.165) is 16.9 Å². The van der Waals surface area contributed by atoms with Crippen LogP contribution in [0.4, 0.5) is 0 Å². The molecule has 5 heteroatoms. The number of ether oxygens (including phenoxy) is 1. The number of amides is 1. The predicted molar refractivity (Wildman–Crippen MR) is 98.2 cm³/mol. The second-order valence-corrected chi connectivity index (χ2v) is 6.70. The molecule has 2 aromatic carbocycles. The van der Waals surface area contributed by atoms with Crippen molar-refractivity contribution in [2.75, 3.05) is 7.11 Å². The van der Waals surface area contributed by atoms with Crippen LogP contribution in [0.2, 0.25) is 0 Å². The van der Waals surface area contributed by atoms with E-state index in [0.29, 0.717) is 15.8 Å². The van der Waals surface area contributed by atoms with Gasteiger partial charge in [0.15, 0.2) is 0 Å². The first-order valence-corrected chi connectivity index (χ1v) is 8.33. The molecular weight excluding hydrogens is 326 g/mol. The Morgan fingerprint density at radius 1 is 1.13 bits per heavy atom. The van der Waals surface area contributed by atoms with Gasteiger partial charge in [0.2, 0.25) is 0 Å². The maximum atomic E-state index is 12.6. The highest BCUT2D eigenvalue weighted by Gasteiger charge is 2.31. The highest BCUT2D eigenvalue weighted by molar-refractivity contribution is 8.26. The molecule has 1 amide bonds. The first kappa shape index (κ1) is 15.8. The summed E-state index contributed by atoms with van der Waals surface area (Å²) in [5.74, 6) is 0.753. The van der Waals surface area contributed by atoms with E-state index in [1.165, 1.54) is 11.8 Å². The minimum Gasteiger partial charge on any atom is -0.497 e. The van der Waals surface area contributed by atoms with Gasteiger partial charge in [0, 0.05) is 0 Å². The maximum Gasteiger partial charge on any atom is 0.266 e. The van der Waals surface area contributed by atoms with Crippen molar-refractivity contribution in [1.82, 2.24) is 4.90 Å². The van der Waals surface area contributed by atoms with Crippen molar-refractivity contribution in [1.29, 1.82) is 0 Å². The molecule has 0 radical (unpaired) electrons. The lowest BCUT2D eigenvalue weighted by atomic mass is 10.2. The van der Waals surface area contributed by atoms with Crippen LogP contribution in [-0.4, -0.2) is 22.2 Å². The fourth-order valence-electron chi connectivity index (χ4n) is 2.25. The molecule has 2 aromatic rings. The van der Waals surface area contributed by atoms with Crippen molar-refractivity contribution in [2.45, 2.75) is 6.54 Å². The number of carbonyl (C=O) groups excluding carboxylic acids is 1. The molecule has 116 valence electrons. The van der Waals surface area contributed by atoms with E-state index < -0.39 is 0 Å². The van der Waals surface area contributed by atoms with Crippen molar-refractivity contribution >= 4 is 40.3 Å². The minimum atomic E-state index is -0.0420. The van der Waals surface area contributed by atoms with Crippen LogP contribution in [0.25, 0.3) is 6.08 Å². The summed E-state index contributed by atoms with van der Waals surface area (Å²) < 4.78 is 5.74. The molecule has 0 spiro atoms. The normalized spacial score (nSPS) is 16.2. The third kappa shape index (κ3) is 3.63. The van der Waals surface area contributed by atoms with Crippen LogP contribution < -0.4 is 4.74 Å². The molecule has 1 heterocycles. The molecular formula is C18H15NO2S2. The number of methoxy groups -OCH3 is 1. The number of thioether (sulfide) groups is 1. The average molecular weight is 341 g/mol. The van der Waals surface area contributed by atoms with Crippen LogP contribution in [0.5, 0.6) is 5.75 Å². The molecule has 3 nitrogen and oxygen atoms in total. The Morgan fingerprint density at radius 2 is 1.83 bits per heavy atom. The molecule has 0 N–H and O–H groups in total. The van der Waals surface area contributed by atoms with Gasteiger partial charge < -0.3 is 4.74 Å². The summed E-state index contributed by atoms with van der Waals surface area (Å²) in [6.45, 7) is 0.473. The number of rotatable bonds is 4. The molecule has 0 aromatic heterocycles. The Kier molecular flexibility index (Phi) is 4.79. The van der Waals surface area contributed by atoms with E-state index in [9.17, 15) is 4.79 Å². The van der Waals surface area contributed by atoms with E-state index >= 15 is 0 Å². The van der Waals surface area contributed by atoms with Crippen LogP contribution in [0.1, 0.15) is 11.1 Å². The molecule has 0 bridgehead atoms. The zero-order valence-electron chi connectivity index (χ0n) is 12.6. The number of benzene rings is 2. The number of nitrogens with zero attached hydrogens (tertiary/aromatic N) is 1. The molecule has 1 aliphatic heterocycles. The summed E-state index contributed by atoms with van der Waals surface area (Å²) in [7, 11) is 1.63. The van der Waals surface area contributed by atoms with Crippen LogP contribution in [0, 0.1) is 0 Å². The second-order valence-electron chi connectivity index (χ2n) is 5.03. The third-order valence-electron chi connectivity index (χ3n) is 3.47. The van der Waals surface area contributed by atoms with Gasteiger partial charge >= 0.3 is 0 Å². The van der Waals surface area contributed by atoms with Crippen molar-refractivity contribution < 1.29 is 9.53 Å². The fourth-order valence-corrected chi connectivity index (χ4v) is 3.51. The summed E-state index contributed by atoms with van der Waals surface area (Å²) in [6, 6.07) is 17.4. The summed E-state index contributed by atoms with van der Waals surface area (Å²) in [5, 5.41) is 0. The van der Waals surface area contributed by atoms with Crippen LogP contribution in [-0.2, 0) is 11.3 Å². The first-order valence-electron chi connectivity index (χ1n) is 7.11. The van der Waals surface area contributed by atoms with Crippen LogP contribution >= 0.6 is 24.0 Å². The standard InChI is InChI=1S/C18H15NO2S2/c1-21-15-9-7-14(8-10-15)12-19-17(20)16(23-18(19)22)11-13-5-3-2-4-6-13/h2-11H,12H2,1H3. The largest absolute Gasteiger partial charge is 0.497 e. The topological polar surface area (TPSA) is 29.5 Å². The Hall–Kier alpha value is -2.11. The molecule has 23 heavy (non-hydrogen) atoms. The molecule has 0 unspecified atom stereocenters. The molecule has 1 aliphatic rings. The number of hydrogen-bond acceptors (Lipinski definition) is 4. The lowest BCUT2D eigenvalue weighted by Crippen LogP contribution is -2.27. The van der Waals surface area contributed by atoms with Gasteiger partial charge in [-0.15, -0.1) is 0 Å². The summed E-state index contributed by atoms with van der Waals surface area (Å²) in [6.07, 6.45) is 1.88. The summed E-state index contributed by atoms with van der Waals surface area (Å²) in [4.78, 5) is 14.9. The minimum absolute atomic E-state index is 0.0420. The monoisotopic (exact) mass is 341 g/mol. The van der Waals surface area contributed by atoms with E-state index in [2.05, 4.69) is 0 Å². The predicted octanol–water partition coefficient (Wildman–Crippen LogP) is 4.10. The quantitative estimate of drug-likeness (QED) is 0.619. The van der Waals surface area contributed by atoms with Crippen LogP contribution in [0.15, 0.2) is 59.5 Å². The summed E-state index contributed by atoms with van der Waals surface area (Å²) >= 11 is 6.71. The molecule has 0 saturated carbocycles. The van der Waals surface area contributed by atoms with Crippen molar-refractivity contribution in [2.24, 2.45) is 0 Å². The Labute approximate surface area is 144 Å². The highest BCUT2D eigenvalue weighted by Crippen LogP contribution is 2.33. The molecule has 1 fully saturated rings. The van der Waals surface area contributed by atoms with Gasteiger partial charge in [-0.25, -0.2) is 0 Å². The molecule has 0 aliphatic carbocycles. The zero-order chi connectivity index (χ0) is 16.2. The summed E-state index contributed by atoms with van der Waals surface area (Å²) in [5.41, 5.74) is 2.01. The van der Waals surface area contributed by atoms with Gasteiger partial charge in [0.25, 0.3) is 5.91 Å². The van der Waals surface area contributed by atoms with Crippen molar-refractivity contribution in [3.63, 3.8) is 0 Å². The van der Waals surface area contributed by atoms with Crippen LogP contribution in [0.3, 0.4) is 0 Å². The maximum absolute atomic E-state index is 12.6. The van der Waals surface area contributed by atoms with Crippen molar-refractivity contribution in [3.8, 4) is 5.75 Å². The smallest absolute Gasteiger partial charge is 0.266 e. The van der Waals surface area contributed by atoms with E-state index in [1.54, 1.807) is 12.0 Å². The Bertz CT molecular complexity index is 754. The van der Waals surface area contributed by atoms with E-state index in [4.69, 9.17) is 17.0 Å². The van der Waals surface area contributed by atoms with Gasteiger partial charge in [-0.1, -0.05) is 66.4 Å². The van der Waals surface area contributed by atoms with Crippen molar-refractivity contribution in [3.05, 3.63) is 70.6 Å². The van der Waals surface area contributed by atoms with E-state index in [1.807, 2.05) is 60.7 Å². The number of thiocarbonyl (C=S) groups is 1. The second kappa shape index (κ2) is 6.98. The fraction of sp³-hybridized carbons (Fsp3) is 0.111. The zero-order valence-corrected chi connectivity index (χ0v) is 14.2. The van der Waals surface area contributed by atoms with Gasteiger partial charge in [0.1, 0.15) is 10.1 Å². The Morgan fingerprint density at radius 3 is 2.48 bits per heavy atom. The molecule has 0 atom stereocenters. The van der Waals surface area contributed by atoms with Gasteiger partial charge in [-0.05, 0) is 29.3 Å². The Balaban J connectivity index is 1.77. The van der Waals surface area contributed by atoms with E-state index in [-0.39, 0.29) is 5.91 Å². The van der Waals surface area contributed by atoms with Gasteiger partial charge in [-0.3, -0.25) is 9.69 Å². The number of hydrogen-bond donors (Lipinski definition) is 0. The number of carbonyl (C=O) groups is 1. The molecule has 3 rings (SSSR count). The average Bonchev–Trinajstić information content (AvgIpc) is 2.84. The lowest BCUT2D eigenvalue weighted by Gasteiger charge is -2.14. The third-order valence-corrected chi connectivity index (χ3v) is 4.85.